The topological polar surface area (TPSA) is 44.8 Å². The number of rotatable bonds is 9. The van der Waals surface area contributed by atoms with Crippen LogP contribution in [0.1, 0.15) is 31.2 Å². The van der Waals surface area contributed by atoms with Crippen molar-refractivity contribution in [3.05, 3.63) is 34.9 Å². The zero-order valence-electron chi connectivity index (χ0n) is 15.5. The van der Waals surface area contributed by atoms with Gasteiger partial charge in [-0.3, -0.25) is 9.69 Å². The zero-order chi connectivity index (χ0) is 18.2. The van der Waals surface area contributed by atoms with Crippen molar-refractivity contribution < 1.29 is 9.53 Å². The minimum atomic E-state index is 0.328. The number of nitrogens with zero attached hydrogens (tertiary/aromatic N) is 2. The van der Waals surface area contributed by atoms with Gasteiger partial charge in [-0.15, -0.1) is 0 Å². The minimum Gasteiger partial charge on any atom is -0.379 e. The van der Waals surface area contributed by atoms with Gasteiger partial charge in [0.15, 0.2) is 0 Å². The van der Waals surface area contributed by atoms with Crippen LogP contribution in [0.2, 0.25) is 5.02 Å². The number of carbonyl (C=O) groups is 1. The molecular weight excluding hydrogens is 350 g/mol. The number of nitrogens with one attached hydrogen (secondary N) is 1. The van der Waals surface area contributed by atoms with Crippen LogP contribution < -0.4 is 5.32 Å². The molecule has 1 aromatic carbocycles. The van der Waals surface area contributed by atoms with Crippen LogP contribution in [0.5, 0.6) is 0 Å². The van der Waals surface area contributed by atoms with Crippen molar-refractivity contribution in [2.75, 3.05) is 45.9 Å². The van der Waals surface area contributed by atoms with E-state index in [4.69, 9.17) is 16.3 Å². The number of amides is 1. The van der Waals surface area contributed by atoms with Gasteiger partial charge in [0, 0.05) is 50.2 Å². The zero-order valence-corrected chi connectivity index (χ0v) is 16.2. The number of hydrogen-bond acceptors (Lipinski definition) is 4. The Morgan fingerprint density at radius 3 is 2.69 bits per heavy atom. The summed E-state index contributed by atoms with van der Waals surface area (Å²) < 4.78 is 5.39. The molecule has 1 unspecified atom stereocenters. The molecule has 26 heavy (non-hydrogen) atoms. The molecule has 2 fully saturated rings. The van der Waals surface area contributed by atoms with E-state index >= 15 is 0 Å². The second kappa shape index (κ2) is 10.3. The molecule has 0 spiro atoms. The molecule has 0 radical (unpaired) electrons. The second-order valence-electron chi connectivity index (χ2n) is 7.18. The molecule has 2 aliphatic heterocycles. The number of likely N-dealkylation sites (tertiary alicyclic amines) is 1. The van der Waals surface area contributed by atoms with E-state index in [2.05, 4.69) is 15.1 Å². The highest BCUT2D eigenvalue weighted by Gasteiger charge is 2.29. The van der Waals surface area contributed by atoms with Crippen molar-refractivity contribution in [3.8, 4) is 0 Å². The summed E-state index contributed by atoms with van der Waals surface area (Å²) in [7, 11) is 0. The SMILES string of the molecule is O=C1CCC(CCNCc2ccc(Cl)cc2)N1CCCN1CCOCC1. The lowest BCUT2D eigenvalue weighted by Crippen LogP contribution is -2.40. The molecule has 1 atom stereocenters. The summed E-state index contributed by atoms with van der Waals surface area (Å²) in [6, 6.07) is 8.33. The third-order valence-electron chi connectivity index (χ3n) is 5.33. The summed E-state index contributed by atoms with van der Waals surface area (Å²) in [5.74, 6) is 0.328. The monoisotopic (exact) mass is 379 g/mol. The molecule has 0 saturated carbocycles. The van der Waals surface area contributed by atoms with Crippen LogP contribution in [0.15, 0.2) is 24.3 Å². The first kappa shape index (κ1) is 19.6. The summed E-state index contributed by atoms with van der Waals surface area (Å²) in [6.07, 6.45) is 3.79. The number of morpholine rings is 1. The first-order valence-corrected chi connectivity index (χ1v) is 10.1. The molecule has 0 aliphatic carbocycles. The van der Waals surface area contributed by atoms with Gasteiger partial charge in [-0.1, -0.05) is 23.7 Å². The van der Waals surface area contributed by atoms with Gasteiger partial charge in [-0.2, -0.15) is 0 Å². The average molecular weight is 380 g/mol. The lowest BCUT2D eigenvalue weighted by atomic mass is 10.1. The summed E-state index contributed by atoms with van der Waals surface area (Å²) in [6.45, 7) is 7.44. The fourth-order valence-corrected chi connectivity index (χ4v) is 3.92. The van der Waals surface area contributed by atoms with Crippen LogP contribution in [-0.2, 0) is 16.1 Å². The van der Waals surface area contributed by atoms with Crippen molar-refractivity contribution in [3.63, 3.8) is 0 Å². The minimum absolute atomic E-state index is 0.328. The highest BCUT2D eigenvalue weighted by molar-refractivity contribution is 6.30. The highest BCUT2D eigenvalue weighted by Crippen LogP contribution is 2.21. The van der Waals surface area contributed by atoms with Gasteiger partial charge >= 0.3 is 0 Å². The maximum Gasteiger partial charge on any atom is 0.222 e. The highest BCUT2D eigenvalue weighted by atomic mass is 35.5. The Morgan fingerprint density at radius 2 is 1.92 bits per heavy atom. The molecule has 6 heteroatoms. The maximum absolute atomic E-state index is 12.2. The van der Waals surface area contributed by atoms with E-state index in [1.165, 1.54) is 5.56 Å². The van der Waals surface area contributed by atoms with Crippen LogP contribution in [0.3, 0.4) is 0 Å². The van der Waals surface area contributed by atoms with Crippen LogP contribution in [-0.4, -0.2) is 67.7 Å². The van der Waals surface area contributed by atoms with Crippen molar-refractivity contribution in [2.45, 2.75) is 38.3 Å². The van der Waals surface area contributed by atoms with Crippen LogP contribution in [0.25, 0.3) is 0 Å². The van der Waals surface area contributed by atoms with Gasteiger partial charge in [0.25, 0.3) is 0 Å². The van der Waals surface area contributed by atoms with Gasteiger partial charge in [-0.05, 0) is 43.5 Å². The Balaban J connectivity index is 1.34. The van der Waals surface area contributed by atoms with Gasteiger partial charge < -0.3 is 15.0 Å². The Bertz CT molecular complexity index is 561. The van der Waals surface area contributed by atoms with E-state index < -0.39 is 0 Å². The van der Waals surface area contributed by atoms with Crippen molar-refractivity contribution >= 4 is 17.5 Å². The molecule has 2 heterocycles. The molecule has 144 valence electrons. The first-order valence-electron chi connectivity index (χ1n) is 9.77. The van der Waals surface area contributed by atoms with E-state index in [0.717, 1.165) is 76.8 Å². The predicted molar refractivity (Wildman–Crippen MR) is 104 cm³/mol. The average Bonchev–Trinajstić information content (AvgIpc) is 3.01. The van der Waals surface area contributed by atoms with Crippen molar-refractivity contribution in [1.29, 1.82) is 0 Å². The smallest absolute Gasteiger partial charge is 0.222 e. The molecule has 2 saturated heterocycles. The molecule has 1 amide bonds. The normalized spacial score (nSPS) is 21.5. The molecular formula is C20H30ClN3O2. The fourth-order valence-electron chi connectivity index (χ4n) is 3.79. The number of ether oxygens (including phenoxy) is 1. The van der Waals surface area contributed by atoms with Crippen LogP contribution in [0, 0.1) is 0 Å². The lowest BCUT2D eigenvalue weighted by Gasteiger charge is -2.29. The van der Waals surface area contributed by atoms with Gasteiger partial charge in [0.2, 0.25) is 5.91 Å². The van der Waals surface area contributed by atoms with Crippen LogP contribution >= 0.6 is 11.6 Å². The number of halogens is 1. The summed E-state index contributed by atoms with van der Waals surface area (Å²) in [5.41, 5.74) is 1.24. The van der Waals surface area contributed by atoms with E-state index in [0.29, 0.717) is 18.4 Å². The molecule has 1 aromatic rings. The maximum atomic E-state index is 12.2. The van der Waals surface area contributed by atoms with Crippen molar-refractivity contribution in [2.24, 2.45) is 0 Å². The number of carbonyl (C=O) groups excluding carboxylic acids is 1. The molecule has 0 aromatic heterocycles. The first-order chi connectivity index (χ1) is 12.7. The molecule has 2 aliphatic rings. The summed E-state index contributed by atoms with van der Waals surface area (Å²) in [5, 5.41) is 4.26. The Labute approximate surface area is 161 Å². The molecule has 3 rings (SSSR count). The lowest BCUT2D eigenvalue weighted by molar-refractivity contribution is -0.129. The predicted octanol–water partition coefficient (Wildman–Crippen LogP) is 2.53. The van der Waals surface area contributed by atoms with E-state index in [1.54, 1.807) is 0 Å². The van der Waals surface area contributed by atoms with Gasteiger partial charge in [-0.25, -0.2) is 0 Å². The van der Waals surface area contributed by atoms with E-state index in [1.807, 2.05) is 24.3 Å². The second-order valence-corrected chi connectivity index (χ2v) is 7.62. The third-order valence-corrected chi connectivity index (χ3v) is 5.58. The molecule has 1 N–H and O–H groups in total. The summed E-state index contributed by atoms with van der Waals surface area (Å²) in [4.78, 5) is 16.8. The Kier molecular flexibility index (Phi) is 7.74. The third kappa shape index (κ3) is 5.95. The Hall–Kier alpha value is -1.14. The van der Waals surface area contributed by atoms with E-state index in [-0.39, 0.29) is 0 Å². The summed E-state index contributed by atoms with van der Waals surface area (Å²) >= 11 is 5.91. The quantitative estimate of drug-likeness (QED) is 0.670. The number of benzene rings is 1. The largest absolute Gasteiger partial charge is 0.379 e. The van der Waals surface area contributed by atoms with E-state index in [9.17, 15) is 4.79 Å². The van der Waals surface area contributed by atoms with Gasteiger partial charge in [0.05, 0.1) is 13.2 Å². The fraction of sp³-hybridized carbons (Fsp3) is 0.650. The number of hydrogen-bond donors (Lipinski definition) is 1. The standard InChI is InChI=1S/C20H30ClN3O2/c21-18-4-2-17(3-5-18)16-22-9-8-19-6-7-20(25)24(19)11-1-10-23-12-14-26-15-13-23/h2-5,19,22H,1,6-16H2. The van der Waals surface area contributed by atoms with Gasteiger partial charge in [0.1, 0.15) is 0 Å². The van der Waals surface area contributed by atoms with Crippen LogP contribution in [0.4, 0.5) is 0 Å². The molecule has 5 nitrogen and oxygen atoms in total. The molecule has 0 bridgehead atoms. The Morgan fingerprint density at radius 1 is 1.15 bits per heavy atom. The van der Waals surface area contributed by atoms with Crippen molar-refractivity contribution in [1.82, 2.24) is 15.1 Å².